The van der Waals surface area contributed by atoms with Crippen LogP contribution in [0.15, 0.2) is 47.7 Å². The van der Waals surface area contributed by atoms with Gasteiger partial charge in [0.2, 0.25) is 11.7 Å². The molecule has 0 amide bonds. The number of aromatic nitrogens is 3. The molecule has 1 aliphatic heterocycles. The average molecular weight is 475 g/mol. The first-order valence-corrected chi connectivity index (χ1v) is 11.6. The molecule has 1 N–H and O–H groups in total. The molecule has 1 aromatic heterocycles. The highest BCUT2D eigenvalue weighted by Crippen LogP contribution is 2.46. The van der Waals surface area contributed by atoms with E-state index in [1.165, 1.54) is 0 Å². The third kappa shape index (κ3) is 3.92. The number of ketones is 1. The van der Waals surface area contributed by atoms with E-state index < -0.39 is 0 Å². The lowest BCUT2D eigenvalue weighted by Gasteiger charge is -2.38. The minimum Gasteiger partial charge on any atom is -0.493 e. The first kappa shape index (κ1) is 23.0. The van der Waals surface area contributed by atoms with Crippen molar-refractivity contribution in [2.45, 2.75) is 39.7 Å². The Labute approximate surface area is 204 Å². The summed E-state index contributed by atoms with van der Waals surface area (Å²) in [6, 6.07) is 11.5. The van der Waals surface area contributed by atoms with Gasteiger partial charge < -0.3 is 19.5 Å². The average Bonchev–Trinajstić information content (AvgIpc) is 3.24. The third-order valence-corrected chi connectivity index (χ3v) is 6.61. The number of anilines is 1. The number of ether oxygens (including phenoxy) is 3. The van der Waals surface area contributed by atoms with Crippen LogP contribution >= 0.6 is 0 Å². The van der Waals surface area contributed by atoms with Crippen molar-refractivity contribution in [1.82, 2.24) is 14.8 Å². The summed E-state index contributed by atoms with van der Waals surface area (Å²) in [5.74, 6) is 2.79. The molecule has 182 valence electrons. The zero-order valence-electron chi connectivity index (χ0n) is 20.9. The summed E-state index contributed by atoms with van der Waals surface area (Å²) in [5, 5.41) is 8.31. The van der Waals surface area contributed by atoms with Crippen molar-refractivity contribution >= 4 is 11.7 Å². The van der Waals surface area contributed by atoms with Crippen LogP contribution in [0.3, 0.4) is 0 Å². The molecule has 5 rings (SSSR count). The van der Waals surface area contributed by atoms with Crippen molar-refractivity contribution in [2.75, 3.05) is 26.6 Å². The molecule has 0 saturated heterocycles. The molecule has 1 unspecified atom stereocenters. The summed E-state index contributed by atoms with van der Waals surface area (Å²) in [6.45, 7) is 6.30. The monoisotopic (exact) mass is 474 g/mol. The predicted octanol–water partition coefficient (Wildman–Crippen LogP) is 4.94. The smallest absolute Gasteiger partial charge is 0.226 e. The maximum absolute atomic E-state index is 13.4. The van der Waals surface area contributed by atoms with Crippen molar-refractivity contribution < 1.29 is 19.0 Å². The van der Waals surface area contributed by atoms with E-state index in [1.807, 2.05) is 28.9 Å². The highest BCUT2D eigenvalue weighted by atomic mass is 16.5. The number of hydrogen-bond acceptors (Lipinski definition) is 7. The molecule has 1 atom stereocenters. The number of carbonyl (C=O) groups is 1. The number of allylic oxidation sites excluding steroid dienone is 2. The maximum atomic E-state index is 13.4. The van der Waals surface area contributed by atoms with E-state index in [-0.39, 0.29) is 17.2 Å². The molecule has 0 saturated carbocycles. The number of benzene rings is 2. The van der Waals surface area contributed by atoms with Crippen LogP contribution in [0.4, 0.5) is 5.95 Å². The van der Waals surface area contributed by atoms with Crippen LogP contribution < -0.4 is 19.5 Å². The summed E-state index contributed by atoms with van der Waals surface area (Å²) in [7, 11) is 4.72. The number of aryl methyl sites for hydroxylation is 1. The minimum absolute atomic E-state index is 0.123. The number of rotatable bonds is 5. The molecule has 0 spiro atoms. The van der Waals surface area contributed by atoms with Gasteiger partial charge in [0.15, 0.2) is 23.1 Å². The summed E-state index contributed by atoms with van der Waals surface area (Å²) in [4.78, 5) is 18.3. The number of methoxy groups -OCH3 is 3. The second-order valence-electron chi connectivity index (χ2n) is 9.89. The molecule has 1 aliphatic carbocycles. The zero-order chi connectivity index (χ0) is 24.9. The lowest BCUT2D eigenvalue weighted by atomic mass is 9.73. The fourth-order valence-electron chi connectivity index (χ4n) is 5.09. The van der Waals surface area contributed by atoms with Gasteiger partial charge in [-0.1, -0.05) is 43.7 Å². The van der Waals surface area contributed by atoms with Crippen molar-refractivity contribution in [2.24, 2.45) is 5.41 Å². The lowest BCUT2D eigenvalue weighted by molar-refractivity contribution is -0.118. The Morgan fingerprint density at radius 1 is 1.03 bits per heavy atom. The van der Waals surface area contributed by atoms with Crippen LogP contribution in [0, 0.1) is 12.3 Å². The largest absolute Gasteiger partial charge is 0.493 e. The van der Waals surface area contributed by atoms with Gasteiger partial charge in [0.1, 0.15) is 6.04 Å². The Morgan fingerprint density at radius 3 is 2.37 bits per heavy atom. The number of hydrogen-bond donors (Lipinski definition) is 1. The highest BCUT2D eigenvalue weighted by Gasteiger charge is 2.42. The SMILES string of the molecule is COc1cc(-c2nc3n(n2)C(c2cccc(C)c2)C2=C(CC(C)(C)CC2=O)N3)cc(OC)c1OC. The van der Waals surface area contributed by atoms with E-state index in [1.54, 1.807) is 21.3 Å². The van der Waals surface area contributed by atoms with Crippen LogP contribution in [0.2, 0.25) is 0 Å². The van der Waals surface area contributed by atoms with Gasteiger partial charge in [-0.25, -0.2) is 4.68 Å². The number of Topliss-reactive ketones (excluding diaryl/α,β-unsaturated/α-hetero) is 1. The van der Waals surface area contributed by atoms with E-state index in [9.17, 15) is 4.79 Å². The topological polar surface area (TPSA) is 87.5 Å². The van der Waals surface area contributed by atoms with E-state index in [0.29, 0.717) is 35.4 Å². The quantitative estimate of drug-likeness (QED) is 0.561. The lowest BCUT2D eigenvalue weighted by Crippen LogP contribution is -2.36. The number of fused-ring (bicyclic) bond motifs is 1. The Morgan fingerprint density at radius 2 is 1.74 bits per heavy atom. The Bertz CT molecular complexity index is 1330. The molecule has 8 heteroatoms. The first-order chi connectivity index (χ1) is 16.7. The molecular formula is C27H30N4O4. The fraction of sp³-hybridized carbons (Fsp3) is 0.370. The van der Waals surface area contributed by atoms with Gasteiger partial charge in [0.05, 0.1) is 21.3 Å². The van der Waals surface area contributed by atoms with Gasteiger partial charge in [0.25, 0.3) is 0 Å². The molecule has 0 bridgehead atoms. The molecule has 2 heterocycles. The van der Waals surface area contributed by atoms with Crippen molar-refractivity contribution in [3.05, 3.63) is 58.8 Å². The summed E-state index contributed by atoms with van der Waals surface area (Å²) >= 11 is 0. The molecular weight excluding hydrogens is 444 g/mol. The summed E-state index contributed by atoms with van der Waals surface area (Å²) in [6.07, 6.45) is 1.27. The van der Waals surface area contributed by atoms with Gasteiger partial charge in [-0.15, -0.1) is 5.10 Å². The van der Waals surface area contributed by atoms with Gasteiger partial charge in [0, 0.05) is 23.3 Å². The summed E-state index contributed by atoms with van der Waals surface area (Å²) < 4.78 is 18.3. The molecule has 0 radical (unpaired) electrons. The van der Waals surface area contributed by atoms with Crippen LogP contribution in [-0.4, -0.2) is 41.9 Å². The second-order valence-corrected chi connectivity index (χ2v) is 9.89. The van der Waals surface area contributed by atoms with Crippen molar-refractivity contribution in [3.8, 4) is 28.6 Å². The van der Waals surface area contributed by atoms with Crippen LogP contribution in [0.1, 0.15) is 43.9 Å². The van der Waals surface area contributed by atoms with E-state index in [4.69, 9.17) is 24.3 Å². The fourth-order valence-corrected chi connectivity index (χ4v) is 5.09. The predicted molar refractivity (Wildman–Crippen MR) is 133 cm³/mol. The number of nitrogens with one attached hydrogen (secondary N) is 1. The molecule has 2 aromatic carbocycles. The number of nitrogens with zero attached hydrogens (tertiary/aromatic N) is 3. The van der Waals surface area contributed by atoms with E-state index >= 15 is 0 Å². The Balaban J connectivity index is 1.68. The third-order valence-electron chi connectivity index (χ3n) is 6.61. The van der Waals surface area contributed by atoms with Gasteiger partial charge in [-0.2, -0.15) is 4.98 Å². The standard InChI is InChI=1S/C27H30N4O4/c1-15-8-7-9-16(10-15)23-22-18(13-27(2,3)14-19(22)32)28-26-29-25(30-31(23)26)17-11-20(33-4)24(35-6)21(12-17)34-5/h7-12,23H,13-14H2,1-6H3,(H,28,29,30). The molecule has 35 heavy (non-hydrogen) atoms. The van der Waals surface area contributed by atoms with Gasteiger partial charge in [-0.05, 0) is 36.5 Å². The van der Waals surface area contributed by atoms with Crippen molar-refractivity contribution in [1.29, 1.82) is 0 Å². The van der Waals surface area contributed by atoms with Crippen LogP contribution in [0.5, 0.6) is 17.2 Å². The zero-order valence-corrected chi connectivity index (χ0v) is 20.9. The Kier molecular flexibility index (Phi) is 5.54. The van der Waals surface area contributed by atoms with Gasteiger partial charge >= 0.3 is 0 Å². The van der Waals surface area contributed by atoms with Crippen LogP contribution in [-0.2, 0) is 4.79 Å². The number of carbonyl (C=O) groups excluding carboxylic acids is 1. The van der Waals surface area contributed by atoms with E-state index in [0.717, 1.165) is 34.4 Å². The normalized spacial score (nSPS) is 18.5. The minimum atomic E-state index is -0.354. The first-order valence-electron chi connectivity index (χ1n) is 11.6. The highest BCUT2D eigenvalue weighted by molar-refractivity contribution is 6.00. The van der Waals surface area contributed by atoms with E-state index in [2.05, 4.69) is 38.2 Å². The van der Waals surface area contributed by atoms with Gasteiger partial charge in [-0.3, -0.25) is 4.79 Å². The Hall–Kier alpha value is -3.81. The molecule has 3 aromatic rings. The van der Waals surface area contributed by atoms with Crippen molar-refractivity contribution in [3.63, 3.8) is 0 Å². The molecule has 8 nitrogen and oxygen atoms in total. The maximum Gasteiger partial charge on any atom is 0.226 e. The summed E-state index contributed by atoms with van der Waals surface area (Å²) in [5.41, 5.74) is 4.42. The second kappa shape index (κ2) is 8.45. The van der Waals surface area contributed by atoms with Crippen LogP contribution in [0.25, 0.3) is 11.4 Å². The molecule has 2 aliphatic rings. The molecule has 0 fully saturated rings.